The standard InChI is InChI=1S/C38H42F3N3O4S/c1-23-33(27-8-6-7-9-29(27)42-23)34-28(36(34,2)3)21-32(45)44(22-24-10-12-25(13-11-24)38(39,40)41)37(16-18-49-19-17-37)35(46)43-30-15-14-26(47-4)20-31(30)48-5/h6-15,20,28,34,42H,16-19,21-22H2,1-5H3,(H,43,46). The summed E-state index contributed by atoms with van der Waals surface area (Å²) in [6, 6.07) is 18.1. The van der Waals surface area contributed by atoms with E-state index in [0.717, 1.165) is 28.7 Å². The number of H-pyrrole nitrogens is 1. The van der Waals surface area contributed by atoms with E-state index in [4.69, 9.17) is 9.47 Å². The van der Waals surface area contributed by atoms with E-state index in [-0.39, 0.29) is 42.0 Å². The van der Waals surface area contributed by atoms with Crippen LogP contribution in [0.5, 0.6) is 11.5 Å². The molecule has 2 fully saturated rings. The van der Waals surface area contributed by atoms with Crippen LogP contribution in [0.25, 0.3) is 10.9 Å². The summed E-state index contributed by atoms with van der Waals surface area (Å²) in [5.41, 5.74) is 2.11. The molecule has 2 atom stereocenters. The highest BCUT2D eigenvalue weighted by Crippen LogP contribution is 2.67. The van der Waals surface area contributed by atoms with Gasteiger partial charge in [0.2, 0.25) is 5.91 Å². The number of hydrogen-bond donors (Lipinski definition) is 2. The number of aromatic amines is 1. The number of alkyl halides is 3. The zero-order valence-electron chi connectivity index (χ0n) is 28.4. The Hall–Kier alpha value is -4.12. The SMILES string of the molecule is COc1ccc(NC(=O)C2(N(Cc3ccc(C(F)(F)F)cc3)C(=O)CC3C(c4c(C)[nH]c5ccccc45)C3(C)C)CCSCC2)c(OC)c1. The summed E-state index contributed by atoms with van der Waals surface area (Å²) in [6.45, 7) is 6.41. The molecule has 0 radical (unpaired) electrons. The van der Waals surface area contributed by atoms with Crippen LogP contribution in [0.15, 0.2) is 66.7 Å². The number of anilines is 1. The molecule has 11 heteroatoms. The topological polar surface area (TPSA) is 83.7 Å². The fraction of sp³-hybridized carbons (Fsp3) is 0.421. The predicted octanol–water partition coefficient (Wildman–Crippen LogP) is 8.58. The first-order valence-electron chi connectivity index (χ1n) is 16.4. The highest BCUT2D eigenvalue weighted by molar-refractivity contribution is 7.99. The second-order valence-electron chi connectivity index (χ2n) is 13.7. The zero-order chi connectivity index (χ0) is 35.1. The molecule has 2 heterocycles. The first kappa shape index (κ1) is 34.7. The number of ether oxygens (including phenoxy) is 2. The lowest BCUT2D eigenvalue weighted by Crippen LogP contribution is -2.60. The minimum Gasteiger partial charge on any atom is -0.497 e. The summed E-state index contributed by atoms with van der Waals surface area (Å²) in [7, 11) is 3.04. The smallest absolute Gasteiger partial charge is 0.416 e. The lowest BCUT2D eigenvalue weighted by atomic mass is 9.87. The van der Waals surface area contributed by atoms with Gasteiger partial charge < -0.3 is 24.7 Å². The molecule has 2 aliphatic rings. The van der Waals surface area contributed by atoms with E-state index in [1.54, 1.807) is 34.9 Å². The number of amides is 2. The molecule has 3 aromatic carbocycles. The van der Waals surface area contributed by atoms with Crippen molar-refractivity contribution in [3.8, 4) is 11.5 Å². The maximum atomic E-state index is 14.8. The van der Waals surface area contributed by atoms with Gasteiger partial charge in [0.25, 0.3) is 5.91 Å². The second-order valence-corrected chi connectivity index (χ2v) is 14.9. The predicted molar refractivity (Wildman–Crippen MR) is 187 cm³/mol. The molecule has 2 N–H and O–H groups in total. The number of fused-ring (bicyclic) bond motifs is 1. The van der Waals surface area contributed by atoms with Gasteiger partial charge in [-0.2, -0.15) is 24.9 Å². The van der Waals surface area contributed by atoms with E-state index in [1.165, 1.54) is 31.9 Å². The van der Waals surface area contributed by atoms with Crippen LogP contribution in [0, 0.1) is 18.3 Å². The van der Waals surface area contributed by atoms with E-state index >= 15 is 0 Å². The number of halogens is 3. The average Bonchev–Trinajstić information content (AvgIpc) is 3.43. The van der Waals surface area contributed by atoms with Crippen molar-refractivity contribution in [1.29, 1.82) is 0 Å². The quantitative estimate of drug-likeness (QED) is 0.174. The molecule has 7 nitrogen and oxygen atoms in total. The van der Waals surface area contributed by atoms with Gasteiger partial charge in [-0.05, 0) is 90.0 Å². The van der Waals surface area contributed by atoms with Gasteiger partial charge in [-0.15, -0.1) is 0 Å². The van der Waals surface area contributed by atoms with Gasteiger partial charge in [-0.3, -0.25) is 9.59 Å². The van der Waals surface area contributed by atoms with Crippen molar-refractivity contribution in [2.24, 2.45) is 11.3 Å². The Balaban J connectivity index is 1.36. The molecule has 1 aliphatic heterocycles. The van der Waals surface area contributed by atoms with E-state index < -0.39 is 17.3 Å². The average molecular weight is 694 g/mol. The molecule has 2 amide bonds. The third-order valence-corrected chi connectivity index (χ3v) is 11.5. The first-order valence-corrected chi connectivity index (χ1v) is 17.6. The summed E-state index contributed by atoms with van der Waals surface area (Å²) in [4.78, 5) is 34.4. The van der Waals surface area contributed by atoms with Crippen molar-refractivity contribution >= 4 is 40.2 Å². The number of benzene rings is 3. The van der Waals surface area contributed by atoms with Gasteiger partial charge in [-0.1, -0.05) is 44.2 Å². The minimum atomic E-state index is -4.49. The Morgan fingerprint density at radius 1 is 1.00 bits per heavy atom. The number of methoxy groups -OCH3 is 2. The number of aromatic nitrogens is 1. The van der Waals surface area contributed by atoms with E-state index in [1.807, 2.05) is 12.1 Å². The monoisotopic (exact) mass is 693 g/mol. The molecule has 260 valence electrons. The van der Waals surface area contributed by atoms with Gasteiger partial charge in [0, 0.05) is 35.6 Å². The molecule has 1 aromatic heterocycles. The third-order valence-electron chi connectivity index (χ3n) is 10.5. The maximum Gasteiger partial charge on any atom is 0.416 e. The van der Waals surface area contributed by atoms with Crippen LogP contribution in [0.1, 0.15) is 61.4 Å². The van der Waals surface area contributed by atoms with Crippen LogP contribution in [-0.4, -0.2) is 53.0 Å². The normalized spacial score (nSPS) is 19.7. The number of rotatable bonds is 10. The summed E-state index contributed by atoms with van der Waals surface area (Å²) in [5.74, 6) is 1.85. The largest absolute Gasteiger partial charge is 0.497 e. The number of carbonyl (C=O) groups excluding carboxylic acids is 2. The highest BCUT2D eigenvalue weighted by Gasteiger charge is 2.60. The highest BCUT2D eigenvalue weighted by atomic mass is 32.2. The van der Waals surface area contributed by atoms with Crippen molar-refractivity contribution in [2.45, 2.75) is 64.2 Å². The van der Waals surface area contributed by atoms with E-state index in [0.29, 0.717) is 47.1 Å². The molecule has 0 bridgehead atoms. The Labute approximate surface area is 288 Å². The van der Waals surface area contributed by atoms with Gasteiger partial charge in [0.1, 0.15) is 17.0 Å². The van der Waals surface area contributed by atoms with E-state index in [9.17, 15) is 22.8 Å². The number of thioether (sulfide) groups is 1. The van der Waals surface area contributed by atoms with Crippen molar-refractivity contribution in [3.63, 3.8) is 0 Å². The van der Waals surface area contributed by atoms with Crippen LogP contribution < -0.4 is 14.8 Å². The maximum absolute atomic E-state index is 14.8. The second kappa shape index (κ2) is 13.3. The van der Waals surface area contributed by atoms with Crippen molar-refractivity contribution in [3.05, 3.63) is 89.1 Å². The Morgan fingerprint density at radius 2 is 1.69 bits per heavy atom. The molecule has 1 aliphatic carbocycles. The van der Waals surface area contributed by atoms with Crippen LogP contribution >= 0.6 is 11.8 Å². The Morgan fingerprint density at radius 3 is 2.35 bits per heavy atom. The van der Waals surface area contributed by atoms with Crippen molar-refractivity contribution in [2.75, 3.05) is 31.0 Å². The van der Waals surface area contributed by atoms with Crippen LogP contribution in [0.4, 0.5) is 18.9 Å². The lowest BCUT2D eigenvalue weighted by Gasteiger charge is -2.45. The molecular weight excluding hydrogens is 651 g/mol. The molecule has 1 saturated carbocycles. The number of aryl methyl sites for hydroxylation is 1. The van der Waals surface area contributed by atoms with Gasteiger partial charge in [-0.25, -0.2) is 0 Å². The van der Waals surface area contributed by atoms with Crippen LogP contribution in [0.3, 0.4) is 0 Å². The summed E-state index contributed by atoms with van der Waals surface area (Å²) in [6.07, 6.45) is -3.49. The van der Waals surface area contributed by atoms with Gasteiger partial charge in [0.05, 0.1) is 25.5 Å². The van der Waals surface area contributed by atoms with E-state index in [2.05, 4.69) is 43.2 Å². The number of para-hydroxylation sites is 1. The lowest BCUT2D eigenvalue weighted by molar-refractivity contribution is -0.147. The molecule has 49 heavy (non-hydrogen) atoms. The summed E-state index contributed by atoms with van der Waals surface area (Å²) >= 11 is 1.71. The zero-order valence-corrected chi connectivity index (χ0v) is 29.2. The fourth-order valence-corrected chi connectivity index (χ4v) is 8.79. The van der Waals surface area contributed by atoms with Crippen molar-refractivity contribution < 1.29 is 32.2 Å². The van der Waals surface area contributed by atoms with Gasteiger partial charge >= 0.3 is 6.18 Å². The summed E-state index contributed by atoms with van der Waals surface area (Å²) < 4.78 is 51.2. The molecular formula is C38H42F3N3O4S. The first-order chi connectivity index (χ1) is 23.3. The number of nitrogens with one attached hydrogen (secondary N) is 2. The Kier molecular flexibility index (Phi) is 9.43. The van der Waals surface area contributed by atoms with Crippen LogP contribution in [-0.2, 0) is 22.3 Å². The molecule has 1 saturated heterocycles. The molecule has 2 unspecified atom stereocenters. The minimum absolute atomic E-state index is 0.00126. The summed E-state index contributed by atoms with van der Waals surface area (Å²) in [5, 5.41) is 4.18. The van der Waals surface area contributed by atoms with Crippen LogP contribution in [0.2, 0.25) is 0 Å². The van der Waals surface area contributed by atoms with Crippen molar-refractivity contribution in [1.82, 2.24) is 9.88 Å². The molecule has 4 aromatic rings. The Bertz CT molecular complexity index is 1850. The number of hydrogen-bond acceptors (Lipinski definition) is 5. The third kappa shape index (κ3) is 6.61. The molecule has 6 rings (SSSR count). The fourth-order valence-electron chi connectivity index (χ4n) is 7.62. The number of carbonyl (C=O) groups is 2. The van der Waals surface area contributed by atoms with Gasteiger partial charge in [0.15, 0.2) is 0 Å². The molecule has 0 spiro atoms. The number of nitrogens with zero attached hydrogens (tertiary/aromatic N) is 1.